The highest BCUT2D eigenvalue weighted by Gasteiger charge is 2.10. The van der Waals surface area contributed by atoms with Gasteiger partial charge in [-0.1, -0.05) is 109 Å². The lowest BCUT2D eigenvalue weighted by Crippen LogP contribution is -1.93. The maximum Gasteiger partial charge on any atom is 0.0470 e. The van der Waals surface area contributed by atoms with Crippen molar-refractivity contribution < 1.29 is 0 Å². The summed E-state index contributed by atoms with van der Waals surface area (Å²) in [5, 5.41) is 13.9. The first kappa shape index (κ1) is 19.8. The average Bonchev–Trinajstić information content (AvgIpc) is 2.93. The topological polar surface area (TPSA) is 12.0 Å². The molecular formula is C34H23N. The van der Waals surface area contributed by atoms with Crippen LogP contribution in [-0.2, 0) is 0 Å². The molecule has 0 radical (unpaired) electrons. The second kappa shape index (κ2) is 8.00. The van der Waals surface area contributed by atoms with E-state index >= 15 is 0 Å². The highest BCUT2D eigenvalue weighted by atomic mass is 14.9. The van der Waals surface area contributed by atoms with Crippen LogP contribution in [0.5, 0.6) is 0 Å². The van der Waals surface area contributed by atoms with E-state index in [9.17, 15) is 0 Å². The molecule has 164 valence electrons. The number of fused-ring (bicyclic) bond motifs is 6. The molecule has 7 aromatic carbocycles. The predicted molar refractivity (Wildman–Crippen MR) is 152 cm³/mol. The van der Waals surface area contributed by atoms with Crippen molar-refractivity contribution in [3.8, 4) is 11.1 Å². The fourth-order valence-electron chi connectivity index (χ4n) is 5.37. The lowest BCUT2D eigenvalue weighted by Gasteiger charge is -2.15. The summed E-state index contributed by atoms with van der Waals surface area (Å²) in [7, 11) is 0. The second-order valence-electron chi connectivity index (χ2n) is 9.09. The van der Waals surface area contributed by atoms with E-state index in [1.807, 2.05) is 0 Å². The highest BCUT2D eigenvalue weighted by molar-refractivity contribution is 6.15. The van der Waals surface area contributed by atoms with Crippen molar-refractivity contribution in [1.29, 1.82) is 0 Å². The highest BCUT2D eigenvalue weighted by Crippen LogP contribution is 2.37. The molecule has 7 aromatic rings. The Morgan fingerprint density at radius 2 is 0.914 bits per heavy atom. The van der Waals surface area contributed by atoms with Gasteiger partial charge in [0.05, 0.1) is 0 Å². The minimum absolute atomic E-state index is 1.08. The lowest BCUT2D eigenvalue weighted by atomic mass is 9.93. The van der Waals surface area contributed by atoms with Crippen LogP contribution in [-0.4, -0.2) is 0 Å². The van der Waals surface area contributed by atoms with Crippen molar-refractivity contribution in [2.24, 2.45) is 0 Å². The molecule has 0 unspecified atom stereocenters. The van der Waals surface area contributed by atoms with Gasteiger partial charge in [-0.05, 0) is 73.1 Å². The Bertz CT molecular complexity index is 1880. The van der Waals surface area contributed by atoms with Gasteiger partial charge >= 0.3 is 0 Å². The Morgan fingerprint density at radius 3 is 1.63 bits per heavy atom. The first-order valence-electron chi connectivity index (χ1n) is 12.0. The third-order valence-electron chi connectivity index (χ3n) is 6.99. The molecule has 1 heteroatoms. The van der Waals surface area contributed by atoms with Gasteiger partial charge in [0.2, 0.25) is 0 Å². The molecule has 0 aliphatic rings. The Balaban J connectivity index is 1.39. The molecular weight excluding hydrogens is 422 g/mol. The Labute approximate surface area is 204 Å². The Kier molecular flexibility index (Phi) is 4.53. The van der Waals surface area contributed by atoms with Crippen molar-refractivity contribution in [2.75, 3.05) is 5.32 Å². The molecule has 0 saturated carbocycles. The fraction of sp³-hybridized carbons (Fsp3) is 0. The van der Waals surface area contributed by atoms with Crippen LogP contribution in [0.4, 0.5) is 11.4 Å². The van der Waals surface area contributed by atoms with E-state index in [-0.39, 0.29) is 0 Å². The normalized spacial score (nSPS) is 11.4. The molecule has 0 aliphatic carbocycles. The first-order valence-corrected chi connectivity index (χ1v) is 12.0. The van der Waals surface area contributed by atoms with Gasteiger partial charge in [-0.15, -0.1) is 0 Å². The van der Waals surface area contributed by atoms with Gasteiger partial charge in [-0.2, -0.15) is 0 Å². The minimum Gasteiger partial charge on any atom is -0.355 e. The SMILES string of the molecule is c1cc(Nc2cc3ccccc3c3ccccc23)cc(-c2cc3ccccc3c3ccccc23)c1. The van der Waals surface area contributed by atoms with E-state index in [0.29, 0.717) is 0 Å². The van der Waals surface area contributed by atoms with E-state index < -0.39 is 0 Å². The Hall–Kier alpha value is -4.62. The molecule has 1 N–H and O–H groups in total. The zero-order chi connectivity index (χ0) is 23.2. The summed E-state index contributed by atoms with van der Waals surface area (Å²) < 4.78 is 0. The molecule has 0 atom stereocenters. The van der Waals surface area contributed by atoms with Crippen molar-refractivity contribution in [2.45, 2.75) is 0 Å². The largest absolute Gasteiger partial charge is 0.355 e. The molecule has 0 bridgehead atoms. The van der Waals surface area contributed by atoms with Gasteiger partial charge in [0.25, 0.3) is 0 Å². The number of hydrogen-bond acceptors (Lipinski definition) is 1. The standard InChI is InChI=1S/C34H23N/c1-3-14-27-24(10-1)21-33(31-18-6-5-16-29(27)31)23-12-9-13-26(20-23)35-34-22-25-11-2-4-15-28(25)30-17-7-8-19-32(30)34/h1-22,35H. The Morgan fingerprint density at radius 1 is 0.371 bits per heavy atom. The average molecular weight is 446 g/mol. The van der Waals surface area contributed by atoms with Gasteiger partial charge in [-0.3, -0.25) is 0 Å². The molecule has 0 amide bonds. The first-order chi connectivity index (χ1) is 17.3. The van der Waals surface area contributed by atoms with Gasteiger partial charge in [-0.25, -0.2) is 0 Å². The summed E-state index contributed by atoms with van der Waals surface area (Å²) in [5.41, 5.74) is 4.67. The van der Waals surface area contributed by atoms with Crippen LogP contribution in [0.25, 0.3) is 54.2 Å². The molecule has 1 nitrogen and oxygen atoms in total. The monoisotopic (exact) mass is 445 g/mol. The summed E-state index contributed by atoms with van der Waals surface area (Å²) >= 11 is 0. The van der Waals surface area contributed by atoms with Crippen LogP contribution >= 0.6 is 0 Å². The van der Waals surface area contributed by atoms with Crippen LogP contribution in [0.15, 0.2) is 133 Å². The third kappa shape index (κ3) is 3.33. The van der Waals surface area contributed by atoms with Gasteiger partial charge in [0.1, 0.15) is 0 Å². The maximum atomic E-state index is 3.73. The van der Waals surface area contributed by atoms with Crippen LogP contribution < -0.4 is 5.32 Å². The summed E-state index contributed by atoms with van der Waals surface area (Å²) in [4.78, 5) is 0. The van der Waals surface area contributed by atoms with Crippen molar-refractivity contribution >= 4 is 54.5 Å². The van der Waals surface area contributed by atoms with Gasteiger partial charge < -0.3 is 5.32 Å². The predicted octanol–water partition coefficient (Wildman–Crippen LogP) is 9.71. The molecule has 0 heterocycles. The van der Waals surface area contributed by atoms with Crippen LogP contribution in [0.1, 0.15) is 0 Å². The van der Waals surface area contributed by atoms with Crippen LogP contribution in [0.3, 0.4) is 0 Å². The van der Waals surface area contributed by atoms with E-state index in [4.69, 9.17) is 0 Å². The molecule has 0 spiro atoms. The molecule has 0 aliphatic heterocycles. The van der Waals surface area contributed by atoms with E-state index in [1.165, 1.54) is 54.2 Å². The van der Waals surface area contributed by atoms with Crippen molar-refractivity contribution in [3.63, 3.8) is 0 Å². The van der Waals surface area contributed by atoms with E-state index in [2.05, 4.69) is 139 Å². The zero-order valence-electron chi connectivity index (χ0n) is 19.2. The summed E-state index contributed by atoms with van der Waals surface area (Å²) in [6, 6.07) is 47.9. The second-order valence-corrected chi connectivity index (χ2v) is 9.09. The zero-order valence-corrected chi connectivity index (χ0v) is 19.2. The van der Waals surface area contributed by atoms with Crippen LogP contribution in [0.2, 0.25) is 0 Å². The minimum atomic E-state index is 1.08. The quantitative estimate of drug-likeness (QED) is 0.267. The number of anilines is 2. The third-order valence-corrected chi connectivity index (χ3v) is 6.99. The maximum absolute atomic E-state index is 3.73. The molecule has 0 aromatic heterocycles. The summed E-state index contributed by atoms with van der Waals surface area (Å²) in [6.45, 7) is 0. The van der Waals surface area contributed by atoms with E-state index in [1.54, 1.807) is 0 Å². The molecule has 35 heavy (non-hydrogen) atoms. The number of hydrogen-bond donors (Lipinski definition) is 1. The van der Waals surface area contributed by atoms with Gasteiger partial charge in [0.15, 0.2) is 0 Å². The summed E-state index contributed by atoms with van der Waals surface area (Å²) in [5.74, 6) is 0. The number of rotatable bonds is 3. The summed E-state index contributed by atoms with van der Waals surface area (Å²) in [6.07, 6.45) is 0. The fourth-order valence-corrected chi connectivity index (χ4v) is 5.37. The molecule has 0 fully saturated rings. The lowest BCUT2D eigenvalue weighted by molar-refractivity contribution is 1.58. The van der Waals surface area contributed by atoms with Gasteiger partial charge in [0, 0.05) is 16.8 Å². The van der Waals surface area contributed by atoms with Crippen molar-refractivity contribution in [1.82, 2.24) is 0 Å². The van der Waals surface area contributed by atoms with Crippen molar-refractivity contribution in [3.05, 3.63) is 133 Å². The molecule has 7 rings (SSSR count). The van der Waals surface area contributed by atoms with E-state index in [0.717, 1.165) is 11.4 Å². The van der Waals surface area contributed by atoms with Crippen LogP contribution in [0, 0.1) is 0 Å². The smallest absolute Gasteiger partial charge is 0.0470 e. The number of benzene rings is 7. The molecule has 0 saturated heterocycles. The number of nitrogens with one attached hydrogen (secondary N) is 1.